The number of benzene rings is 2. The van der Waals surface area contributed by atoms with Crippen LogP contribution in [0.15, 0.2) is 84.5 Å². The van der Waals surface area contributed by atoms with Crippen LogP contribution in [0.3, 0.4) is 0 Å². The molecule has 2 aromatic heterocycles. The van der Waals surface area contributed by atoms with Crippen LogP contribution in [0.1, 0.15) is 32.9 Å². The van der Waals surface area contributed by atoms with E-state index in [4.69, 9.17) is 0 Å². The predicted octanol–water partition coefficient (Wildman–Crippen LogP) is 5.29. The Bertz CT molecular complexity index is 1550. The zero-order valence-electron chi connectivity index (χ0n) is 19.3. The quantitative estimate of drug-likeness (QED) is 0.273. The highest BCUT2D eigenvalue weighted by Crippen LogP contribution is 2.35. The van der Waals surface area contributed by atoms with Gasteiger partial charge in [-0.15, -0.1) is 0 Å². The number of hydrogen-bond donors (Lipinski definition) is 2. The van der Waals surface area contributed by atoms with Crippen molar-refractivity contribution >= 4 is 17.2 Å². The van der Waals surface area contributed by atoms with Crippen molar-refractivity contribution in [3.05, 3.63) is 124 Å². The van der Waals surface area contributed by atoms with Crippen molar-refractivity contribution < 1.29 is 22.4 Å². The minimum absolute atomic E-state index is 0.109. The number of H-pyrrole nitrogens is 1. The molecule has 188 valence electrons. The number of amides is 1. The second kappa shape index (κ2) is 10.1. The molecule has 0 aliphatic carbocycles. The largest absolute Gasteiger partial charge is 0.417 e. The summed E-state index contributed by atoms with van der Waals surface area (Å²) in [6, 6.07) is 9.25. The van der Waals surface area contributed by atoms with Gasteiger partial charge in [0.2, 0.25) is 5.95 Å². The van der Waals surface area contributed by atoms with E-state index in [1.165, 1.54) is 47.3 Å². The number of anilines is 1. The Morgan fingerprint density at radius 2 is 1.78 bits per heavy atom. The van der Waals surface area contributed by atoms with Crippen molar-refractivity contribution in [3.8, 4) is 5.95 Å². The standard InChI is InChI=1S/C26H19F4N5O2/c1-3-5-19(22-15(2)35(25(37)34-22)24-31-12-4-13-32-24)16-6-11-21(26(28,29)30)20(14-16)23(36)33-18-9-7-17(27)8-10-18/h3-14H,1H2,2H3,(H,33,36)(H,34,37)/b19-5-. The van der Waals surface area contributed by atoms with E-state index < -0.39 is 34.7 Å². The molecular formula is C26H19F4N5O2. The molecule has 0 fully saturated rings. The second-order valence-electron chi connectivity index (χ2n) is 7.81. The lowest BCUT2D eigenvalue weighted by Crippen LogP contribution is -2.19. The zero-order chi connectivity index (χ0) is 26.7. The molecule has 11 heteroatoms. The maximum atomic E-state index is 13.8. The van der Waals surface area contributed by atoms with Crippen molar-refractivity contribution in [2.24, 2.45) is 0 Å². The molecule has 2 N–H and O–H groups in total. The summed E-state index contributed by atoms with van der Waals surface area (Å²) in [7, 11) is 0. The van der Waals surface area contributed by atoms with Gasteiger partial charge in [-0.2, -0.15) is 13.2 Å². The van der Waals surface area contributed by atoms with Crippen molar-refractivity contribution in [2.45, 2.75) is 13.1 Å². The Kier molecular flexibility index (Phi) is 6.87. The Balaban J connectivity index is 1.83. The number of rotatable bonds is 6. The highest BCUT2D eigenvalue weighted by Gasteiger charge is 2.35. The van der Waals surface area contributed by atoms with E-state index in [0.717, 1.165) is 24.3 Å². The molecule has 0 spiro atoms. The number of nitrogens with zero attached hydrogens (tertiary/aromatic N) is 3. The average molecular weight is 509 g/mol. The fourth-order valence-electron chi connectivity index (χ4n) is 3.75. The summed E-state index contributed by atoms with van der Waals surface area (Å²) in [5.74, 6) is -1.50. The molecule has 0 bridgehead atoms. The number of carbonyl (C=O) groups is 1. The number of imidazole rings is 1. The van der Waals surface area contributed by atoms with Crippen LogP contribution in [0.25, 0.3) is 11.5 Å². The van der Waals surface area contributed by atoms with E-state index in [2.05, 4.69) is 26.8 Å². The number of hydrogen-bond acceptors (Lipinski definition) is 4. The monoisotopic (exact) mass is 509 g/mol. The number of carbonyl (C=O) groups excluding carboxylic acids is 1. The fraction of sp³-hybridized carbons (Fsp3) is 0.0769. The molecule has 0 aliphatic heterocycles. The summed E-state index contributed by atoms with van der Waals surface area (Å²) in [6.07, 6.45) is 0.999. The van der Waals surface area contributed by atoms with Crippen molar-refractivity contribution in [2.75, 3.05) is 5.32 Å². The number of aromatic amines is 1. The molecular weight excluding hydrogens is 490 g/mol. The summed E-state index contributed by atoms with van der Waals surface area (Å²) in [5, 5.41) is 2.36. The molecule has 7 nitrogen and oxygen atoms in total. The van der Waals surface area contributed by atoms with Gasteiger partial charge < -0.3 is 10.3 Å². The van der Waals surface area contributed by atoms with Crippen LogP contribution in [-0.4, -0.2) is 25.4 Å². The van der Waals surface area contributed by atoms with Gasteiger partial charge in [-0.1, -0.05) is 24.8 Å². The van der Waals surface area contributed by atoms with Gasteiger partial charge in [0, 0.05) is 23.7 Å². The number of allylic oxidation sites excluding steroid dienone is 2. The summed E-state index contributed by atoms with van der Waals surface area (Å²) >= 11 is 0. The normalized spacial score (nSPS) is 11.9. The summed E-state index contributed by atoms with van der Waals surface area (Å²) in [5.41, 5.74) is -1.07. The smallest absolute Gasteiger partial charge is 0.322 e. The number of aromatic nitrogens is 4. The van der Waals surface area contributed by atoms with Crippen molar-refractivity contribution in [1.82, 2.24) is 19.5 Å². The fourth-order valence-corrected chi connectivity index (χ4v) is 3.75. The minimum atomic E-state index is -4.82. The van der Waals surface area contributed by atoms with E-state index in [-0.39, 0.29) is 22.9 Å². The van der Waals surface area contributed by atoms with Crippen LogP contribution in [-0.2, 0) is 6.18 Å². The molecule has 2 aromatic carbocycles. The highest BCUT2D eigenvalue weighted by molar-refractivity contribution is 6.06. The Hall–Kier alpha value is -4.80. The van der Waals surface area contributed by atoms with Gasteiger partial charge in [0.05, 0.1) is 22.5 Å². The van der Waals surface area contributed by atoms with Crippen LogP contribution < -0.4 is 11.0 Å². The topological polar surface area (TPSA) is 92.7 Å². The lowest BCUT2D eigenvalue weighted by Gasteiger charge is -2.16. The summed E-state index contributed by atoms with van der Waals surface area (Å²) in [4.78, 5) is 36.5. The van der Waals surface area contributed by atoms with E-state index >= 15 is 0 Å². The number of halogens is 4. The Morgan fingerprint density at radius 3 is 2.41 bits per heavy atom. The molecule has 4 rings (SSSR count). The molecule has 0 saturated heterocycles. The third-order valence-corrected chi connectivity index (χ3v) is 5.42. The molecule has 0 aliphatic rings. The third-order valence-electron chi connectivity index (χ3n) is 5.42. The predicted molar refractivity (Wildman–Crippen MR) is 130 cm³/mol. The third kappa shape index (κ3) is 5.25. The van der Waals surface area contributed by atoms with E-state index in [1.54, 1.807) is 13.0 Å². The molecule has 37 heavy (non-hydrogen) atoms. The second-order valence-corrected chi connectivity index (χ2v) is 7.81. The molecule has 4 aromatic rings. The van der Waals surface area contributed by atoms with E-state index in [0.29, 0.717) is 11.3 Å². The van der Waals surface area contributed by atoms with Gasteiger partial charge >= 0.3 is 11.9 Å². The average Bonchev–Trinajstić information content (AvgIpc) is 3.16. The van der Waals surface area contributed by atoms with Gasteiger partial charge in [-0.25, -0.2) is 23.7 Å². The zero-order valence-corrected chi connectivity index (χ0v) is 19.3. The molecule has 1 amide bonds. The first-order valence-corrected chi connectivity index (χ1v) is 10.8. The van der Waals surface area contributed by atoms with Gasteiger partial charge in [0.25, 0.3) is 5.91 Å². The number of nitrogens with one attached hydrogen (secondary N) is 2. The molecule has 2 heterocycles. The first-order chi connectivity index (χ1) is 17.6. The van der Waals surface area contributed by atoms with Crippen LogP contribution in [0.5, 0.6) is 0 Å². The van der Waals surface area contributed by atoms with Crippen LogP contribution in [0.4, 0.5) is 23.2 Å². The van der Waals surface area contributed by atoms with Crippen LogP contribution >= 0.6 is 0 Å². The minimum Gasteiger partial charge on any atom is -0.322 e. The van der Waals surface area contributed by atoms with Gasteiger partial charge in [-0.3, -0.25) is 4.79 Å². The number of alkyl halides is 3. The lowest BCUT2D eigenvalue weighted by atomic mass is 9.95. The maximum absolute atomic E-state index is 13.8. The molecule has 0 unspecified atom stereocenters. The van der Waals surface area contributed by atoms with Gasteiger partial charge in [0.1, 0.15) is 5.82 Å². The van der Waals surface area contributed by atoms with Gasteiger partial charge in [0.15, 0.2) is 0 Å². The van der Waals surface area contributed by atoms with E-state index in [9.17, 15) is 27.2 Å². The first-order valence-electron chi connectivity index (χ1n) is 10.8. The highest BCUT2D eigenvalue weighted by atomic mass is 19.4. The maximum Gasteiger partial charge on any atom is 0.417 e. The molecule has 0 saturated carbocycles. The molecule has 0 atom stereocenters. The van der Waals surface area contributed by atoms with Crippen molar-refractivity contribution in [1.29, 1.82) is 0 Å². The molecule has 0 radical (unpaired) electrons. The van der Waals surface area contributed by atoms with Crippen LogP contribution in [0.2, 0.25) is 0 Å². The van der Waals surface area contributed by atoms with Crippen molar-refractivity contribution in [3.63, 3.8) is 0 Å². The van der Waals surface area contributed by atoms with Crippen LogP contribution in [0, 0.1) is 12.7 Å². The summed E-state index contributed by atoms with van der Waals surface area (Å²) in [6.45, 7) is 5.27. The first kappa shape index (κ1) is 25.3. The van der Waals surface area contributed by atoms with E-state index in [1.807, 2.05) is 0 Å². The summed E-state index contributed by atoms with van der Waals surface area (Å²) < 4.78 is 55.8. The lowest BCUT2D eigenvalue weighted by molar-refractivity contribution is -0.137. The Labute approximate surface area is 207 Å². The Morgan fingerprint density at radius 1 is 1.11 bits per heavy atom. The SMILES string of the molecule is C=C/C=C(/c1ccc(C(F)(F)F)c(C(=O)Nc2ccc(F)cc2)c1)c1[nH]c(=O)n(-c2ncccn2)c1C. The van der Waals surface area contributed by atoms with Gasteiger partial charge in [-0.05, 0) is 55.0 Å².